The van der Waals surface area contributed by atoms with Gasteiger partial charge in [-0.25, -0.2) is 0 Å². The molecule has 1 aromatic heterocycles. The zero-order valence-electron chi connectivity index (χ0n) is 14.1. The lowest BCUT2D eigenvalue weighted by Gasteiger charge is -2.16. The molecule has 1 unspecified atom stereocenters. The summed E-state index contributed by atoms with van der Waals surface area (Å²) in [5.74, 6) is 1.47. The first kappa shape index (κ1) is 17.2. The van der Waals surface area contributed by atoms with Crippen LogP contribution in [0.3, 0.4) is 0 Å². The smallest absolute Gasteiger partial charge is 0.0537 e. The SMILES string of the molecule is CCCCC(CC)Cn1ncc(CNCC(C)C)c1C. The van der Waals surface area contributed by atoms with Crippen LogP contribution in [0.25, 0.3) is 0 Å². The van der Waals surface area contributed by atoms with Crippen LogP contribution < -0.4 is 5.32 Å². The molecule has 0 saturated carbocycles. The van der Waals surface area contributed by atoms with Gasteiger partial charge in [0.25, 0.3) is 0 Å². The number of hydrogen-bond donors (Lipinski definition) is 1. The van der Waals surface area contributed by atoms with E-state index in [1.54, 1.807) is 0 Å². The van der Waals surface area contributed by atoms with Gasteiger partial charge in [0.2, 0.25) is 0 Å². The van der Waals surface area contributed by atoms with Crippen molar-refractivity contribution in [1.82, 2.24) is 15.1 Å². The van der Waals surface area contributed by atoms with Gasteiger partial charge in [-0.15, -0.1) is 0 Å². The molecule has 0 spiro atoms. The summed E-state index contributed by atoms with van der Waals surface area (Å²) in [5, 5.41) is 8.09. The number of rotatable bonds is 10. The van der Waals surface area contributed by atoms with Crippen LogP contribution in [0.15, 0.2) is 6.20 Å². The lowest BCUT2D eigenvalue weighted by atomic mass is 9.99. The molecule has 0 aliphatic rings. The summed E-state index contributed by atoms with van der Waals surface area (Å²) in [6.45, 7) is 14.3. The van der Waals surface area contributed by atoms with Crippen LogP contribution in [0.4, 0.5) is 0 Å². The first-order chi connectivity index (χ1) is 9.58. The maximum Gasteiger partial charge on any atom is 0.0537 e. The summed E-state index contributed by atoms with van der Waals surface area (Å²) in [7, 11) is 0. The molecule has 1 rings (SSSR count). The van der Waals surface area contributed by atoms with Crippen LogP contribution in [-0.2, 0) is 13.1 Å². The molecule has 116 valence electrons. The van der Waals surface area contributed by atoms with Gasteiger partial charge < -0.3 is 5.32 Å². The molecular weight excluding hydrogens is 246 g/mol. The van der Waals surface area contributed by atoms with Crippen molar-refractivity contribution in [1.29, 1.82) is 0 Å². The molecule has 0 fully saturated rings. The van der Waals surface area contributed by atoms with Gasteiger partial charge in [0.05, 0.1) is 6.20 Å². The highest BCUT2D eigenvalue weighted by Gasteiger charge is 2.11. The summed E-state index contributed by atoms with van der Waals surface area (Å²) in [6.07, 6.45) is 7.24. The molecular formula is C17H33N3. The molecule has 0 amide bonds. The average Bonchev–Trinajstić information content (AvgIpc) is 2.75. The molecule has 1 N–H and O–H groups in total. The van der Waals surface area contributed by atoms with Crippen LogP contribution in [0, 0.1) is 18.8 Å². The van der Waals surface area contributed by atoms with Gasteiger partial charge in [0, 0.05) is 24.3 Å². The van der Waals surface area contributed by atoms with Crippen molar-refractivity contribution in [2.24, 2.45) is 11.8 Å². The topological polar surface area (TPSA) is 29.9 Å². The maximum absolute atomic E-state index is 4.59. The number of nitrogens with one attached hydrogen (secondary N) is 1. The van der Waals surface area contributed by atoms with Crippen molar-refractivity contribution >= 4 is 0 Å². The second-order valence-corrected chi connectivity index (χ2v) is 6.38. The largest absolute Gasteiger partial charge is 0.312 e. The first-order valence-corrected chi connectivity index (χ1v) is 8.30. The van der Waals surface area contributed by atoms with Crippen LogP contribution in [0.5, 0.6) is 0 Å². The molecule has 0 aliphatic carbocycles. The Morgan fingerprint density at radius 3 is 2.65 bits per heavy atom. The molecule has 1 aromatic rings. The van der Waals surface area contributed by atoms with E-state index in [1.165, 1.54) is 36.9 Å². The van der Waals surface area contributed by atoms with Gasteiger partial charge in [-0.1, -0.05) is 47.0 Å². The Morgan fingerprint density at radius 1 is 1.30 bits per heavy atom. The monoisotopic (exact) mass is 279 g/mol. The predicted molar refractivity (Wildman–Crippen MR) is 86.8 cm³/mol. The summed E-state index contributed by atoms with van der Waals surface area (Å²) in [6, 6.07) is 0. The quantitative estimate of drug-likeness (QED) is 0.697. The zero-order valence-corrected chi connectivity index (χ0v) is 14.1. The maximum atomic E-state index is 4.59. The van der Waals surface area contributed by atoms with E-state index < -0.39 is 0 Å². The Labute approximate surface area is 125 Å². The van der Waals surface area contributed by atoms with Crippen molar-refractivity contribution in [3.8, 4) is 0 Å². The Balaban J connectivity index is 2.52. The Kier molecular flexibility index (Phi) is 7.90. The van der Waals surface area contributed by atoms with E-state index >= 15 is 0 Å². The molecule has 0 bridgehead atoms. The van der Waals surface area contributed by atoms with Gasteiger partial charge >= 0.3 is 0 Å². The van der Waals surface area contributed by atoms with Crippen molar-refractivity contribution < 1.29 is 0 Å². The zero-order chi connectivity index (χ0) is 15.0. The Hall–Kier alpha value is -0.830. The second-order valence-electron chi connectivity index (χ2n) is 6.38. The van der Waals surface area contributed by atoms with Gasteiger partial charge in [-0.2, -0.15) is 5.10 Å². The Bertz CT molecular complexity index is 368. The van der Waals surface area contributed by atoms with Gasteiger partial charge in [-0.3, -0.25) is 4.68 Å². The fraction of sp³-hybridized carbons (Fsp3) is 0.824. The molecule has 0 saturated heterocycles. The molecule has 1 heterocycles. The normalized spacial score (nSPS) is 13.1. The standard InChI is InChI=1S/C17H33N3/c1-6-8-9-16(7-2)13-20-15(5)17(12-19-20)11-18-10-14(3)4/h12,14,16,18H,6-11,13H2,1-5H3. The van der Waals surface area contributed by atoms with E-state index in [1.807, 2.05) is 6.20 Å². The number of unbranched alkanes of at least 4 members (excludes halogenated alkanes) is 1. The third-order valence-electron chi connectivity index (χ3n) is 4.05. The number of hydrogen-bond acceptors (Lipinski definition) is 2. The number of aromatic nitrogens is 2. The minimum atomic E-state index is 0.698. The molecule has 20 heavy (non-hydrogen) atoms. The van der Waals surface area contributed by atoms with Crippen molar-refractivity contribution in [3.05, 3.63) is 17.5 Å². The lowest BCUT2D eigenvalue weighted by Crippen LogP contribution is -2.19. The van der Waals surface area contributed by atoms with Crippen molar-refractivity contribution in [2.75, 3.05) is 6.54 Å². The molecule has 0 aromatic carbocycles. The molecule has 0 radical (unpaired) electrons. The highest BCUT2D eigenvalue weighted by Crippen LogP contribution is 2.17. The molecule has 1 atom stereocenters. The predicted octanol–water partition coefficient (Wildman–Crippen LogP) is 4.15. The molecule has 0 aliphatic heterocycles. The lowest BCUT2D eigenvalue weighted by molar-refractivity contribution is 0.368. The summed E-state index contributed by atoms with van der Waals surface area (Å²) in [5.41, 5.74) is 2.67. The minimum absolute atomic E-state index is 0.698. The third kappa shape index (κ3) is 5.66. The van der Waals surface area contributed by atoms with Crippen molar-refractivity contribution in [3.63, 3.8) is 0 Å². The third-order valence-corrected chi connectivity index (χ3v) is 4.05. The van der Waals surface area contributed by atoms with Gasteiger partial charge in [-0.05, 0) is 31.7 Å². The molecule has 3 heteroatoms. The summed E-state index contributed by atoms with van der Waals surface area (Å²) < 4.78 is 2.20. The summed E-state index contributed by atoms with van der Waals surface area (Å²) >= 11 is 0. The average molecular weight is 279 g/mol. The van der Waals surface area contributed by atoms with Crippen LogP contribution in [0.2, 0.25) is 0 Å². The highest BCUT2D eigenvalue weighted by molar-refractivity contribution is 5.15. The Morgan fingerprint density at radius 2 is 2.05 bits per heavy atom. The van der Waals surface area contributed by atoms with Crippen molar-refractivity contribution in [2.45, 2.75) is 73.4 Å². The second kappa shape index (κ2) is 9.17. The van der Waals surface area contributed by atoms with E-state index in [-0.39, 0.29) is 0 Å². The van der Waals surface area contributed by atoms with E-state index in [4.69, 9.17) is 0 Å². The number of nitrogens with zero attached hydrogens (tertiary/aromatic N) is 2. The minimum Gasteiger partial charge on any atom is -0.312 e. The first-order valence-electron chi connectivity index (χ1n) is 8.30. The van der Waals surface area contributed by atoms with E-state index in [0.717, 1.165) is 25.6 Å². The molecule has 3 nitrogen and oxygen atoms in total. The van der Waals surface area contributed by atoms with Crippen LogP contribution in [-0.4, -0.2) is 16.3 Å². The van der Waals surface area contributed by atoms with Crippen LogP contribution in [0.1, 0.15) is 64.6 Å². The van der Waals surface area contributed by atoms with E-state index in [9.17, 15) is 0 Å². The van der Waals surface area contributed by atoms with E-state index in [0.29, 0.717) is 5.92 Å². The van der Waals surface area contributed by atoms with E-state index in [2.05, 4.69) is 49.7 Å². The fourth-order valence-electron chi connectivity index (χ4n) is 2.50. The van der Waals surface area contributed by atoms with Gasteiger partial charge in [0.1, 0.15) is 0 Å². The highest BCUT2D eigenvalue weighted by atomic mass is 15.3. The fourth-order valence-corrected chi connectivity index (χ4v) is 2.50. The summed E-state index contributed by atoms with van der Waals surface area (Å²) in [4.78, 5) is 0. The van der Waals surface area contributed by atoms with Gasteiger partial charge in [0.15, 0.2) is 0 Å². The van der Waals surface area contributed by atoms with Crippen LogP contribution >= 0.6 is 0 Å².